The minimum atomic E-state index is -4.32. The number of aliphatic hydroxyl groups is 1. The number of nitrogens with zero attached hydrogens (tertiary/aromatic N) is 1. The molecule has 0 aromatic rings. The van der Waals surface area contributed by atoms with Gasteiger partial charge in [0.15, 0.2) is 0 Å². The Kier molecular flexibility index (Phi) is 49.3. The van der Waals surface area contributed by atoms with Crippen LogP contribution in [0.2, 0.25) is 0 Å². The Morgan fingerprint density at radius 1 is 0.515 bits per heavy atom. The molecule has 3 N–H and O–H groups in total. The number of unbranched alkanes of at least 4 members (excludes halogenated alkanes) is 32. The van der Waals surface area contributed by atoms with Crippen LogP contribution in [0, 0.1) is 0 Å². The van der Waals surface area contributed by atoms with Crippen molar-refractivity contribution < 1.29 is 32.9 Å². The van der Waals surface area contributed by atoms with E-state index in [1.165, 1.54) is 180 Å². The highest BCUT2D eigenvalue weighted by Crippen LogP contribution is 2.43. The predicted octanol–water partition coefficient (Wildman–Crippen LogP) is 17.5. The lowest BCUT2D eigenvalue weighted by Crippen LogP contribution is -2.46. The molecule has 3 atom stereocenters. The van der Waals surface area contributed by atoms with Gasteiger partial charge in [0.2, 0.25) is 5.91 Å². The lowest BCUT2D eigenvalue weighted by molar-refractivity contribution is -0.870. The second-order valence-electron chi connectivity index (χ2n) is 21.0. The van der Waals surface area contributed by atoms with Gasteiger partial charge in [-0.05, 0) is 51.4 Å². The van der Waals surface area contributed by atoms with Crippen LogP contribution in [-0.4, -0.2) is 73.4 Å². The molecule has 0 saturated heterocycles. The van der Waals surface area contributed by atoms with Crippen LogP contribution in [0.15, 0.2) is 48.6 Å². The summed E-state index contributed by atoms with van der Waals surface area (Å²) in [7, 11) is 1.62. The van der Waals surface area contributed by atoms with E-state index >= 15 is 0 Å². The van der Waals surface area contributed by atoms with Crippen LogP contribution in [0.4, 0.5) is 0 Å². The summed E-state index contributed by atoms with van der Waals surface area (Å²) in [6.45, 7) is 4.80. The van der Waals surface area contributed by atoms with Crippen molar-refractivity contribution in [3.63, 3.8) is 0 Å². The highest BCUT2D eigenvalue weighted by atomic mass is 31.2. The molecule has 1 amide bonds. The number of likely N-dealkylation sites (N-methyl/N-ethyl adjacent to an activating group) is 1. The Hall–Kier alpha value is -1.54. The number of carbonyl (C=O) groups is 1. The average molecular weight is 979 g/mol. The minimum Gasteiger partial charge on any atom is -0.391 e. The molecule has 0 aromatic heterocycles. The van der Waals surface area contributed by atoms with Gasteiger partial charge in [0, 0.05) is 6.42 Å². The van der Waals surface area contributed by atoms with E-state index in [-0.39, 0.29) is 19.1 Å². The molecule has 0 fully saturated rings. The fraction of sp³-hybridized carbons (Fsp3) is 0.847. The normalized spacial score (nSPS) is 14.3. The Morgan fingerprint density at radius 3 is 1.29 bits per heavy atom. The maximum Gasteiger partial charge on any atom is 0.472 e. The molecule has 0 spiro atoms. The standard InChI is InChI=1S/C59H113N2O6P/c1-6-8-10-12-14-16-18-20-22-23-24-25-26-27-28-29-30-31-32-33-34-35-36-37-39-41-43-45-47-49-51-53-59(63)60-57(56-67-68(64,65)66-55-54-61(3,4)5)58(62)52-50-48-46-44-42-40-38-21-19-17-15-13-11-9-7-2/h8,10,14,16,20,22,24-25,57-58,62H,6-7,9,11-13,15,17-19,21,23,26-56H2,1-5H3,(H-,60,63,64,65)/p+1/b10-8-,16-14-,22-20-,25-24-. The van der Waals surface area contributed by atoms with Crippen LogP contribution in [0.25, 0.3) is 0 Å². The summed E-state index contributed by atoms with van der Waals surface area (Å²) in [5.74, 6) is -0.142. The topological polar surface area (TPSA) is 105 Å². The van der Waals surface area contributed by atoms with Gasteiger partial charge in [-0.2, -0.15) is 0 Å². The summed E-state index contributed by atoms with van der Waals surface area (Å²) in [5, 5.41) is 14.1. The van der Waals surface area contributed by atoms with Gasteiger partial charge < -0.3 is 19.8 Å². The van der Waals surface area contributed by atoms with E-state index in [1.807, 2.05) is 21.1 Å². The Labute approximate surface area is 422 Å². The van der Waals surface area contributed by atoms with Crippen molar-refractivity contribution in [2.45, 2.75) is 283 Å². The Morgan fingerprint density at radius 2 is 0.882 bits per heavy atom. The van der Waals surface area contributed by atoms with Crippen molar-refractivity contribution in [1.82, 2.24) is 5.32 Å². The van der Waals surface area contributed by atoms with E-state index in [0.717, 1.165) is 64.2 Å². The molecule has 0 aliphatic carbocycles. The number of quaternary nitrogens is 1. The fourth-order valence-corrected chi connectivity index (χ4v) is 9.31. The number of hydrogen-bond acceptors (Lipinski definition) is 5. The Bertz CT molecular complexity index is 1250. The first-order valence-corrected chi connectivity index (χ1v) is 30.5. The molecule has 0 saturated carbocycles. The number of nitrogens with one attached hydrogen (secondary N) is 1. The van der Waals surface area contributed by atoms with Crippen LogP contribution >= 0.6 is 7.82 Å². The van der Waals surface area contributed by atoms with Crippen LogP contribution in [0.5, 0.6) is 0 Å². The smallest absolute Gasteiger partial charge is 0.391 e. The molecule has 400 valence electrons. The number of phosphoric ester groups is 1. The van der Waals surface area contributed by atoms with Crippen LogP contribution < -0.4 is 5.32 Å². The van der Waals surface area contributed by atoms with E-state index < -0.39 is 20.0 Å². The third-order valence-electron chi connectivity index (χ3n) is 13.1. The number of hydrogen-bond donors (Lipinski definition) is 3. The summed E-state index contributed by atoms with van der Waals surface area (Å²) < 4.78 is 23.8. The maximum absolute atomic E-state index is 13.0. The first-order chi connectivity index (χ1) is 33.0. The quantitative estimate of drug-likeness (QED) is 0.0243. The maximum atomic E-state index is 13.0. The first-order valence-electron chi connectivity index (χ1n) is 29.0. The zero-order valence-electron chi connectivity index (χ0n) is 45.6. The highest BCUT2D eigenvalue weighted by Gasteiger charge is 2.28. The summed E-state index contributed by atoms with van der Waals surface area (Å²) in [4.78, 5) is 23.3. The van der Waals surface area contributed by atoms with Gasteiger partial charge in [-0.15, -0.1) is 0 Å². The zero-order chi connectivity index (χ0) is 49.9. The third-order valence-corrected chi connectivity index (χ3v) is 14.1. The third kappa shape index (κ3) is 52.3. The number of rotatable bonds is 53. The zero-order valence-corrected chi connectivity index (χ0v) is 46.5. The number of allylic oxidation sites excluding steroid dienone is 8. The lowest BCUT2D eigenvalue weighted by Gasteiger charge is -2.26. The van der Waals surface area contributed by atoms with Crippen molar-refractivity contribution in [2.75, 3.05) is 40.9 Å². The van der Waals surface area contributed by atoms with Gasteiger partial charge in [0.05, 0.1) is 39.9 Å². The molecule has 0 aliphatic rings. The lowest BCUT2D eigenvalue weighted by atomic mass is 10.0. The van der Waals surface area contributed by atoms with Gasteiger partial charge in [0.1, 0.15) is 13.2 Å². The van der Waals surface area contributed by atoms with E-state index in [0.29, 0.717) is 23.9 Å². The summed E-state index contributed by atoms with van der Waals surface area (Å²) in [6.07, 6.45) is 66.0. The van der Waals surface area contributed by atoms with Crippen molar-refractivity contribution >= 4 is 13.7 Å². The summed E-state index contributed by atoms with van der Waals surface area (Å²) >= 11 is 0. The second-order valence-corrected chi connectivity index (χ2v) is 22.4. The van der Waals surface area contributed by atoms with Crippen LogP contribution in [0.1, 0.15) is 271 Å². The van der Waals surface area contributed by atoms with Crippen molar-refractivity contribution in [1.29, 1.82) is 0 Å². The molecule has 68 heavy (non-hydrogen) atoms. The van der Waals surface area contributed by atoms with Gasteiger partial charge in [-0.3, -0.25) is 13.8 Å². The van der Waals surface area contributed by atoms with Crippen LogP contribution in [-0.2, 0) is 18.4 Å². The fourth-order valence-electron chi connectivity index (χ4n) is 8.57. The number of aliphatic hydroxyl groups excluding tert-OH is 1. The molecule has 0 bridgehead atoms. The van der Waals surface area contributed by atoms with E-state index in [2.05, 4.69) is 67.8 Å². The molecule has 3 unspecified atom stereocenters. The monoisotopic (exact) mass is 978 g/mol. The minimum absolute atomic E-state index is 0.0755. The summed E-state index contributed by atoms with van der Waals surface area (Å²) in [6, 6.07) is -0.760. The van der Waals surface area contributed by atoms with E-state index in [1.54, 1.807) is 0 Å². The van der Waals surface area contributed by atoms with E-state index in [9.17, 15) is 19.4 Å². The molecule has 8 nitrogen and oxygen atoms in total. The summed E-state index contributed by atoms with van der Waals surface area (Å²) in [5.41, 5.74) is 0. The van der Waals surface area contributed by atoms with Gasteiger partial charge in [0.25, 0.3) is 0 Å². The van der Waals surface area contributed by atoms with Gasteiger partial charge in [-0.25, -0.2) is 4.57 Å². The molecular formula is C59H114N2O6P+. The molecule has 0 aliphatic heterocycles. The molecule has 9 heteroatoms. The van der Waals surface area contributed by atoms with Crippen molar-refractivity contribution in [2.24, 2.45) is 0 Å². The average Bonchev–Trinajstić information content (AvgIpc) is 3.30. The van der Waals surface area contributed by atoms with Crippen molar-refractivity contribution in [3.05, 3.63) is 48.6 Å². The van der Waals surface area contributed by atoms with Crippen molar-refractivity contribution in [3.8, 4) is 0 Å². The number of phosphoric acid groups is 1. The van der Waals surface area contributed by atoms with E-state index in [4.69, 9.17) is 9.05 Å². The van der Waals surface area contributed by atoms with Gasteiger partial charge >= 0.3 is 7.82 Å². The Balaban J connectivity index is 4.04. The largest absolute Gasteiger partial charge is 0.472 e. The molecular weight excluding hydrogens is 864 g/mol. The van der Waals surface area contributed by atoms with Gasteiger partial charge in [-0.1, -0.05) is 262 Å². The highest BCUT2D eigenvalue weighted by molar-refractivity contribution is 7.47. The molecule has 0 aromatic carbocycles. The second kappa shape index (κ2) is 50.4. The molecule has 0 radical (unpaired) electrons. The predicted molar refractivity (Wildman–Crippen MR) is 295 cm³/mol. The number of carbonyl (C=O) groups excluding carboxylic acids is 1. The SMILES string of the molecule is CC/C=C\C/C=C\C/C=C\C/C=C\CCCCCCCCCCCCCCCCCCCCC(=O)NC(COP(=O)(O)OCC[N+](C)(C)C)C(O)CCCCCCCCCCCCCCCCC. The molecule has 0 rings (SSSR count). The van der Waals surface area contributed by atoms with Crippen LogP contribution in [0.3, 0.4) is 0 Å². The molecule has 0 heterocycles. The number of amides is 1. The first kappa shape index (κ1) is 66.5.